The number of rotatable bonds is 8. The van der Waals surface area contributed by atoms with Gasteiger partial charge in [-0.2, -0.15) is 0 Å². The van der Waals surface area contributed by atoms with E-state index >= 15 is 0 Å². The summed E-state index contributed by atoms with van der Waals surface area (Å²) in [6.07, 6.45) is 6.66. The highest BCUT2D eigenvalue weighted by atomic mass is 16.5. The molecule has 0 aliphatic heterocycles. The maximum absolute atomic E-state index is 7.56. The summed E-state index contributed by atoms with van der Waals surface area (Å²) in [5, 5.41) is 8.55. The molecule has 1 aliphatic rings. The van der Waals surface area contributed by atoms with Gasteiger partial charge in [0.15, 0.2) is 0 Å². The van der Waals surface area contributed by atoms with Crippen molar-refractivity contribution in [3.63, 3.8) is 0 Å². The molecule has 3 aromatic rings. The van der Waals surface area contributed by atoms with E-state index in [0.29, 0.717) is 11.8 Å². The first-order valence-electron chi connectivity index (χ1n) is 10.9. The molecule has 158 valence electrons. The lowest BCUT2D eigenvalue weighted by molar-refractivity contribution is 0.185. The van der Waals surface area contributed by atoms with E-state index in [4.69, 9.17) is 26.0 Å². The highest BCUT2D eigenvalue weighted by Crippen LogP contribution is 2.29. The van der Waals surface area contributed by atoms with Crippen LogP contribution in [0.1, 0.15) is 42.6 Å². The predicted molar refractivity (Wildman–Crippen MR) is 121 cm³/mol. The second-order valence-corrected chi connectivity index (χ2v) is 8.46. The van der Waals surface area contributed by atoms with Gasteiger partial charge in [0, 0.05) is 17.4 Å². The van der Waals surface area contributed by atoms with E-state index in [1.54, 1.807) is 0 Å². The zero-order valence-electron chi connectivity index (χ0n) is 17.4. The van der Waals surface area contributed by atoms with Crippen LogP contribution >= 0.6 is 0 Å². The van der Waals surface area contributed by atoms with Crippen LogP contribution in [0.25, 0.3) is 11.0 Å². The van der Waals surface area contributed by atoms with Gasteiger partial charge < -0.3 is 20.6 Å². The summed E-state index contributed by atoms with van der Waals surface area (Å²) < 4.78 is 12.0. The minimum atomic E-state index is 0.0743. The van der Waals surface area contributed by atoms with Crippen molar-refractivity contribution in [2.24, 2.45) is 23.3 Å². The van der Waals surface area contributed by atoms with E-state index in [1.807, 2.05) is 24.3 Å². The van der Waals surface area contributed by atoms with Crippen LogP contribution < -0.4 is 16.2 Å². The third-order valence-electron chi connectivity index (χ3n) is 6.25. The Hall–Kier alpha value is -2.79. The monoisotopic (exact) mass is 405 g/mol. The van der Waals surface area contributed by atoms with Gasteiger partial charge in [0.1, 0.15) is 22.9 Å². The van der Waals surface area contributed by atoms with E-state index in [-0.39, 0.29) is 5.84 Å². The van der Waals surface area contributed by atoms with Crippen LogP contribution in [-0.4, -0.2) is 19.0 Å². The van der Waals surface area contributed by atoms with Crippen LogP contribution in [0.5, 0.6) is 5.75 Å². The van der Waals surface area contributed by atoms with Crippen molar-refractivity contribution in [2.75, 3.05) is 13.2 Å². The van der Waals surface area contributed by atoms with Crippen molar-refractivity contribution in [2.45, 2.75) is 38.5 Å². The fourth-order valence-corrected chi connectivity index (χ4v) is 4.26. The van der Waals surface area contributed by atoms with Gasteiger partial charge in [0.25, 0.3) is 0 Å². The summed E-state index contributed by atoms with van der Waals surface area (Å²) >= 11 is 0. The lowest BCUT2D eigenvalue weighted by Crippen LogP contribution is -2.24. The average molecular weight is 406 g/mol. The highest BCUT2D eigenvalue weighted by molar-refractivity contribution is 5.98. The van der Waals surface area contributed by atoms with E-state index in [0.717, 1.165) is 54.0 Å². The Balaban J connectivity index is 1.27. The molecule has 2 aromatic carbocycles. The number of hydrogen-bond acceptors (Lipinski definition) is 4. The minimum absolute atomic E-state index is 0.0743. The second kappa shape index (κ2) is 9.35. The minimum Gasteiger partial charge on any atom is -0.493 e. The number of nitrogens with one attached hydrogen (secondary N) is 1. The van der Waals surface area contributed by atoms with Crippen LogP contribution in [0.15, 0.2) is 52.9 Å². The third kappa shape index (κ3) is 5.03. The number of hydrogen-bond donors (Lipinski definition) is 3. The van der Waals surface area contributed by atoms with Gasteiger partial charge in [0.2, 0.25) is 0 Å². The van der Waals surface area contributed by atoms with E-state index in [1.165, 1.54) is 31.2 Å². The maximum Gasteiger partial charge on any atom is 0.134 e. The normalized spacial score (nSPS) is 19.1. The molecule has 0 unspecified atom stereocenters. The second-order valence-electron chi connectivity index (χ2n) is 8.46. The molecule has 1 aromatic heterocycles. The Morgan fingerprint density at radius 2 is 1.70 bits per heavy atom. The Morgan fingerprint density at radius 3 is 2.40 bits per heavy atom. The lowest BCUT2D eigenvalue weighted by Gasteiger charge is -2.27. The fraction of sp³-hybridized carbons (Fsp3) is 0.400. The van der Waals surface area contributed by atoms with Crippen molar-refractivity contribution in [3.8, 4) is 5.75 Å². The zero-order valence-corrected chi connectivity index (χ0v) is 17.4. The largest absolute Gasteiger partial charge is 0.493 e. The number of benzene rings is 2. The SMILES string of the molecule is N=C(N)c1ccc2oc(CCc3ccc(OCC4CCC(CN)CC4)cc3)cc2c1. The van der Waals surface area contributed by atoms with E-state index < -0.39 is 0 Å². The highest BCUT2D eigenvalue weighted by Gasteiger charge is 2.20. The number of fused-ring (bicyclic) bond motifs is 1. The van der Waals surface area contributed by atoms with Crippen LogP contribution in [0, 0.1) is 17.2 Å². The van der Waals surface area contributed by atoms with Gasteiger partial charge in [-0.3, -0.25) is 5.41 Å². The molecule has 30 heavy (non-hydrogen) atoms. The average Bonchev–Trinajstić information content (AvgIpc) is 3.19. The summed E-state index contributed by atoms with van der Waals surface area (Å²) in [6.45, 7) is 1.63. The van der Waals surface area contributed by atoms with Crippen molar-refractivity contribution in [1.82, 2.24) is 0 Å². The van der Waals surface area contributed by atoms with Gasteiger partial charge in [-0.15, -0.1) is 0 Å². The molecule has 1 saturated carbocycles. The molecule has 0 saturated heterocycles. The van der Waals surface area contributed by atoms with Gasteiger partial charge in [-0.05, 0) is 92.4 Å². The first kappa shape index (κ1) is 20.5. The Labute approximate surface area is 177 Å². The standard InChI is InChI=1S/C25H31N3O2/c26-15-18-1-3-19(4-2-18)16-29-22-9-5-17(6-10-22)7-11-23-14-21-13-20(25(27)28)8-12-24(21)30-23/h5-6,8-10,12-14,18-19H,1-4,7,11,15-16,26H2,(H3,27,28). The number of nitrogens with two attached hydrogens (primary N) is 2. The first-order chi connectivity index (χ1) is 14.6. The molecule has 0 amide bonds. The molecule has 4 rings (SSSR count). The van der Waals surface area contributed by atoms with Crippen LogP contribution in [0.2, 0.25) is 0 Å². The van der Waals surface area contributed by atoms with Crippen molar-refractivity contribution in [3.05, 3.63) is 65.4 Å². The van der Waals surface area contributed by atoms with Crippen LogP contribution in [0.3, 0.4) is 0 Å². The topological polar surface area (TPSA) is 98.3 Å². The summed E-state index contributed by atoms with van der Waals surface area (Å²) in [4.78, 5) is 0. The molecular formula is C25H31N3O2. The van der Waals surface area contributed by atoms with Gasteiger partial charge in [0.05, 0.1) is 6.61 Å². The fourth-order valence-electron chi connectivity index (χ4n) is 4.26. The Morgan fingerprint density at radius 1 is 0.967 bits per heavy atom. The molecule has 5 heteroatoms. The maximum atomic E-state index is 7.56. The lowest BCUT2D eigenvalue weighted by atomic mass is 9.82. The number of ether oxygens (including phenoxy) is 1. The molecule has 0 atom stereocenters. The smallest absolute Gasteiger partial charge is 0.134 e. The molecule has 5 N–H and O–H groups in total. The van der Waals surface area contributed by atoms with Gasteiger partial charge in [-0.1, -0.05) is 12.1 Å². The third-order valence-corrected chi connectivity index (χ3v) is 6.25. The van der Waals surface area contributed by atoms with E-state index in [2.05, 4.69) is 24.3 Å². The predicted octanol–water partition coefficient (Wildman–Crippen LogP) is 4.65. The summed E-state index contributed by atoms with van der Waals surface area (Å²) in [6, 6.07) is 16.0. The Bertz CT molecular complexity index is 985. The summed E-state index contributed by atoms with van der Waals surface area (Å²) in [7, 11) is 0. The summed E-state index contributed by atoms with van der Waals surface area (Å²) in [5.74, 6) is 3.33. The number of furan rings is 1. The molecule has 0 radical (unpaired) electrons. The molecule has 5 nitrogen and oxygen atoms in total. The van der Waals surface area contributed by atoms with E-state index in [9.17, 15) is 0 Å². The summed E-state index contributed by atoms with van der Waals surface area (Å²) in [5.41, 5.74) is 14.2. The number of nitrogen functional groups attached to an aromatic ring is 1. The van der Waals surface area contributed by atoms with Crippen LogP contribution in [-0.2, 0) is 12.8 Å². The van der Waals surface area contributed by atoms with Crippen molar-refractivity contribution in [1.29, 1.82) is 5.41 Å². The van der Waals surface area contributed by atoms with Crippen molar-refractivity contribution < 1.29 is 9.15 Å². The van der Waals surface area contributed by atoms with Crippen LogP contribution in [0.4, 0.5) is 0 Å². The molecule has 0 bridgehead atoms. The van der Waals surface area contributed by atoms with Crippen molar-refractivity contribution >= 4 is 16.8 Å². The zero-order chi connectivity index (χ0) is 20.9. The van der Waals surface area contributed by atoms with Gasteiger partial charge in [-0.25, -0.2) is 0 Å². The van der Waals surface area contributed by atoms with Gasteiger partial charge >= 0.3 is 0 Å². The number of amidine groups is 1. The molecule has 1 heterocycles. The first-order valence-corrected chi connectivity index (χ1v) is 10.9. The molecular weight excluding hydrogens is 374 g/mol. The Kier molecular flexibility index (Phi) is 6.38. The molecule has 0 spiro atoms. The molecule has 1 fully saturated rings. The quantitative estimate of drug-likeness (QED) is 0.375. The molecule has 1 aliphatic carbocycles. The number of aryl methyl sites for hydroxylation is 2.